The van der Waals surface area contributed by atoms with Gasteiger partial charge in [-0.05, 0) is 18.2 Å². The third-order valence-electron chi connectivity index (χ3n) is 4.19. The Morgan fingerprint density at radius 3 is 2.58 bits per heavy atom. The van der Waals surface area contributed by atoms with Crippen LogP contribution in [0.15, 0.2) is 30.6 Å². The first-order chi connectivity index (χ1) is 11.7. The molecule has 1 aliphatic heterocycles. The van der Waals surface area contributed by atoms with Crippen molar-refractivity contribution in [2.24, 2.45) is 0 Å². The predicted octanol–water partition coefficient (Wildman–Crippen LogP) is 1.44. The molecule has 1 saturated heterocycles. The minimum absolute atomic E-state index is 0.101. The average Bonchev–Trinajstić information content (AvgIpc) is 2.63. The lowest BCUT2D eigenvalue weighted by molar-refractivity contribution is 0.245. The zero-order valence-corrected chi connectivity index (χ0v) is 13.7. The van der Waals surface area contributed by atoms with Crippen molar-refractivity contribution in [1.82, 2.24) is 14.9 Å². The molecule has 1 aromatic heterocycles. The lowest BCUT2D eigenvalue weighted by Crippen LogP contribution is -2.46. The van der Waals surface area contributed by atoms with E-state index >= 15 is 0 Å². The minimum Gasteiger partial charge on any atom is -0.496 e. The SMILES string of the molecule is COc1ccc(F)cc1CN1CCN(c2cnc(CO)cn2)CC1. The van der Waals surface area contributed by atoms with E-state index in [2.05, 4.69) is 19.8 Å². The lowest BCUT2D eigenvalue weighted by Gasteiger charge is -2.35. The van der Waals surface area contributed by atoms with Gasteiger partial charge in [-0.25, -0.2) is 9.37 Å². The summed E-state index contributed by atoms with van der Waals surface area (Å²) in [6.45, 7) is 3.90. The van der Waals surface area contributed by atoms with E-state index in [0.717, 1.165) is 37.6 Å². The molecule has 2 aromatic rings. The van der Waals surface area contributed by atoms with Crippen LogP contribution >= 0.6 is 0 Å². The smallest absolute Gasteiger partial charge is 0.147 e. The van der Waals surface area contributed by atoms with Gasteiger partial charge in [-0.1, -0.05) is 0 Å². The number of nitrogens with zero attached hydrogens (tertiary/aromatic N) is 4. The summed E-state index contributed by atoms with van der Waals surface area (Å²) < 4.78 is 18.8. The first kappa shape index (κ1) is 16.6. The monoisotopic (exact) mass is 332 g/mol. The second kappa shape index (κ2) is 7.55. The summed E-state index contributed by atoms with van der Waals surface area (Å²) in [5, 5.41) is 9.02. The van der Waals surface area contributed by atoms with Gasteiger partial charge in [0, 0.05) is 38.3 Å². The van der Waals surface area contributed by atoms with Crippen molar-refractivity contribution in [1.29, 1.82) is 0 Å². The highest BCUT2D eigenvalue weighted by Crippen LogP contribution is 2.22. The van der Waals surface area contributed by atoms with E-state index in [9.17, 15) is 4.39 Å². The molecule has 2 heterocycles. The third-order valence-corrected chi connectivity index (χ3v) is 4.19. The number of ether oxygens (including phenoxy) is 1. The van der Waals surface area contributed by atoms with Crippen LogP contribution in [0.25, 0.3) is 0 Å². The first-order valence-corrected chi connectivity index (χ1v) is 7.91. The Hall–Kier alpha value is -2.25. The number of anilines is 1. The zero-order chi connectivity index (χ0) is 16.9. The molecule has 3 rings (SSSR count). The maximum atomic E-state index is 13.5. The molecule has 128 valence electrons. The first-order valence-electron chi connectivity index (χ1n) is 7.91. The summed E-state index contributed by atoms with van der Waals surface area (Å²) in [6, 6.07) is 4.61. The van der Waals surface area contributed by atoms with E-state index in [1.54, 1.807) is 25.6 Å². The molecule has 6 nitrogen and oxygen atoms in total. The molecule has 0 bridgehead atoms. The molecule has 0 spiro atoms. The van der Waals surface area contributed by atoms with Crippen LogP contribution in [0.2, 0.25) is 0 Å². The number of methoxy groups -OCH3 is 1. The van der Waals surface area contributed by atoms with Gasteiger partial charge in [-0.15, -0.1) is 0 Å². The van der Waals surface area contributed by atoms with E-state index in [0.29, 0.717) is 18.0 Å². The molecule has 0 saturated carbocycles. The Balaban J connectivity index is 1.60. The fourth-order valence-corrected chi connectivity index (χ4v) is 2.84. The maximum absolute atomic E-state index is 13.5. The highest BCUT2D eigenvalue weighted by molar-refractivity contribution is 5.37. The molecule has 7 heteroatoms. The average molecular weight is 332 g/mol. The van der Waals surface area contributed by atoms with Gasteiger partial charge < -0.3 is 14.7 Å². The van der Waals surface area contributed by atoms with Crippen LogP contribution in [0.5, 0.6) is 5.75 Å². The van der Waals surface area contributed by atoms with Gasteiger partial charge >= 0.3 is 0 Å². The molecule has 0 aliphatic carbocycles. The molecule has 0 atom stereocenters. The number of hydrogen-bond acceptors (Lipinski definition) is 6. The van der Waals surface area contributed by atoms with Crippen LogP contribution in [0.3, 0.4) is 0 Å². The lowest BCUT2D eigenvalue weighted by atomic mass is 10.1. The highest BCUT2D eigenvalue weighted by Gasteiger charge is 2.19. The summed E-state index contributed by atoms with van der Waals surface area (Å²) in [7, 11) is 1.60. The van der Waals surface area contributed by atoms with Gasteiger partial charge in [0.1, 0.15) is 17.4 Å². The summed E-state index contributed by atoms with van der Waals surface area (Å²) >= 11 is 0. The summed E-state index contributed by atoms with van der Waals surface area (Å²) in [6.07, 6.45) is 3.29. The number of piperazine rings is 1. The maximum Gasteiger partial charge on any atom is 0.147 e. The number of rotatable bonds is 5. The Labute approximate surface area is 140 Å². The minimum atomic E-state index is -0.247. The summed E-state index contributed by atoms with van der Waals surface area (Å²) in [5.41, 5.74) is 1.42. The number of halogens is 1. The Bertz CT molecular complexity index is 673. The number of aliphatic hydroxyl groups is 1. The number of hydrogen-bond donors (Lipinski definition) is 1. The number of benzene rings is 1. The molecule has 0 radical (unpaired) electrons. The molecule has 24 heavy (non-hydrogen) atoms. The fourth-order valence-electron chi connectivity index (χ4n) is 2.84. The molecule has 0 unspecified atom stereocenters. The number of aromatic nitrogens is 2. The van der Waals surface area contributed by atoms with Crippen LogP contribution in [0, 0.1) is 5.82 Å². The van der Waals surface area contributed by atoms with Crippen molar-refractivity contribution in [2.45, 2.75) is 13.2 Å². The summed E-state index contributed by atoms with van der Waals surface area (Å²) in [5.74, 6) is 1.28. The van der Waals surface area contributed by atoms with Crippen molar-refractivity contribution < 1.29 is 14.2 Å². The Morgan fingerprint density at radius 2 is 1.96 bits per heavy atom. The van der Waals surface area contributed by atoms with E-state index in [1.807, 2.05) is 0 Å². The van der Waals surface area contributed by atoms with Crippen molar-refractivity contribution >= 4 is 5.82 Å². The Kier molecular flexibility index (Phi) is 5.22. The largest absolute Gasteiger partial charge is 0.496 e. The normalized spacial score (nSPS) is 15.5. The fraction of sp³-hybridized carbons (Fsp3) is 0.412. The molecular formula is C17H21FN4O2. The third kappa shape index (κ3) is 3.80. The van der Waals surface area contributed by atoms with Crippen LogP contribution in [0.1, 0.15) is 11.3 Å². The van der Waals surface area contributed by atoms with Crippen LogP contribution < -0.4 is 9.64 Å². The van der Waals surface area contributed by atoms with E-state index < -0.39 is 0 Å². The van der Waals surface area contributed by atoms with Crippen LogP contribution in [-0.2, 0) is 13.2 Å². The molecule has 0 amide bonds. The quantitative estimate of drug-likeness (QED) is 0.894. The van der Waals surface area contributed by atoms with Gasteiger partial charge in [-0.3, -0.25) is 9.88 Å². The van der Waals surface area contributed by atoms with Crippen molar-refractivity contribution in [3.63, 3.8) is 0 Å². The van der Waals surface area contributed by atoms with E-state index in [-0.39, 0.29) is 12.4 Å². The zero-order valence-electron chi connectivity index (χ0n) is 13.7. The van der Waals surface area contributed by atoms with Gasteiger partial charge in [0.25, 0.3) is 0 Å². The second-order valence-electron chi connectivity index (χ2n) is 5.74. The van der Waals surface area contributed by atoms with Crippen LogP contribution in [0.4, 0.5) is 10.2 Å². The topological polar surface area (TPSA) is 61.7 Å². The standard InChI is InChI=1S/C17H21FN4O2/c1-24-16-3-2-14(18)8-13(16)11-21-4-6-22(7-5-21)17-10-19-15(12-23)9-20-17/h2-3,8-10,23H,4-7,11-12H2,1H3. The van der Waals surface area contributed by atoms with E-state index in [1.165, 1.54) is 12.1 Å². The van der Waals surface area contributed by atoms with E-state index in [4.69, 9.17) is 9.84 Å². The molecule has 1 N–H and O–H groups in total. The van der Waals surface area contributed by atoms with Gasteiger partial charge in [0.05, 0.1) is 31.8 Å². The second-order valence-corrected chi connectivity index (χ2v) is 5.74. The highest BCUT2D eigenvalue weighted by atomic mass is 19.1. The molecule has 1 fully saturated rings. The van der Waals surface area contributed by atoms with Gasteiger partial charge in [0.2, 0.25) is 0 Å². The van der Waals surface area contributed by atoms with Crippen molar-refractivity contribution in [2.75, 3.05) is 38.2 Å². The van der Waals surface area contributed by atoms with Crippen LogP contribution in [-0.4, -0.2) is 53.3 Å². The van der Waals surface area contributed by atoms with Gasteiger partial charge in [-0.2, -0.15) is 0 Å². The number of aliphatic hydroxyl groups excluding tert-OH is 1. The van der Waals surface area contributed by atoms with Crippen molar-refractivity contribution in [3.05, 3.63) is 47.7 Å². The van der Waals surface area contributed by atoms with Crippen molar-refractivity contribution in [3.8, 4) is 5.75 Å². The Morgan fingerprint density at radius 1 is 1.17 bits per heavy atom. The molecule has 1 aliphatic rings. The molecule has 1 aromatic carbocycles. The van der Waals surface area contributed by atoms with Gasteiger partial charge in [0.15, 0.2) is 0 Å². The summed E-state index contributed by atoms with van der Waals surface area (Å²) in [4.78, 5) is 12.9. The molecular weight excluding hydrogens is 311 g/mol. The predicted molar refractivity (Wildman–Crippen MR) is 88.4 cm³/mol.